The average molecular weight is 279 g/mol. The molecular weight excluding hydrogens is 268 g/mol. The van der Waals surface area contributed by atoms with Crippen molar-refractivity contribution in [3.8, 4) is 5.75 Å². The van der Waals surface area contributed by atoms with Crippen LogP contribution in [0, 0.1) is 0 Å². The van der Waals surface area contributed by atoms with Crippen LogP contribution in [0.5, 0.6) is 5.75 Å². The Morgan fingerprint density at radius 1 is 1.25 bits per heavy atom. The van der Waals surface area contributed by atoms with Gasteiger partial charge < -0.3 is 15.8 Å². The zero-order valence-corrected chi connectivity index (χ0v) is 10.2. The quantitative estimate of drug-likeness (QED) is 0.901. The summed E-state index contributed by atoms with van der Waals surface area (Å²) in [7, 11) is 0. The zero-order valence-electron chi connectivity index (χ0n) is 10.2. The van der Waals surface area contributed by atoms with Gasteiger partial charge in [-0.25, -0.2) is 4.98 Å². The number of benzene rings is 1. The van der Waals surface area contributed by atoms with E-state index in [9.17, 15) is 13.6 Å². The van der Waals surface area contributed by atoms with Gasteiger partial charge in [-0.1, -0.05) is 12.1 Å². The maximum Gasteiger partial charge on any atom is 0.387 e. The number of halogens is 2. The topological polar surface area (TPSA) is 77.2 Å². The van der Waals surface area contributed by atoms with Crippen molar-refractivity contribution in [1.29, 1.82) is 0 Å². The maximum absolute atomic E-state index is 12.2. The Balaban J connectivity index is 2.17. The number of rotatable bonds is 4. The lowest BCUT2D eigenvalue weighted by atomic mass is 10.2. The number of anilines is 2. The highest BCUT2D eigenvalue weighted by Crippen LogP contribution is 2.25. The van der Waals surface area contributed by atoms with Gasteiger partial charge in [0.25, 0.3) is 5.91 Å². The first kappa shape index (κ1) is 13.7. The average Bonchev–Trinajstić information content (AvgIpc) is 2.41. The second-order valence-electron chi connectivity index (χ2n) is 3.81. The van der Waals surface area contributed by atoms with Crippen LogP contribution >= 0.6 is 0 Å². The summed E-state index contributed by atoms with van der Waals surface area (Å²) in [6.45, 7) is -2.97. The van der Waals surface area contributed by atoms with Crippen LogP contribution in [-0.2, 0) is 0 Å². The van der Waals surface area contributed by atoms with Crippen molar-refractivity contribution < 1.29 is 18.3 Å². The first-order chi connectivity index (χ1) is 9.56. The molecule has 1 heterocycles. The number of nitrogen functional groups attached to an aromatic ring is 1. The second kappa shape index (κ2) is 5.96. The number of ether oxygens (including phenoxy) is 1. The third-order valence-electron chi connectivity index (χ3n) is 2.37. The number of carbonyl (C=O) groups is 1. The number of hydrogen-bond acceptors (Lipinski definition) is 4. The van der Waals surface area contributed by atoms with Gasteiger partial charge in [-0.05, 0) is 24.3 Å². The highest BCUT2D eigenvalue weighted by Gasteiger charge is 2.13. The van der Waals surface area contributed by atoms with Crippen LogP contribution < -0.4 is 15.8 Å². The maximum atomic E-state index is 12.2. The smallest absolute Gasteiger partial charge is 0.387 e. The number of nitrogens with one attached hydrogen (secondary N) is 1. The van der Waals surface area contributed by atoms with E-state index in [1.54, 1.807) is 6.07 Å². The largest absolute Gasteiger partial charge is 0.433 e. The number of carbonyl (C=O) groups excluding carboxylic acids is 1. The van der Waals surface area contributed by atoms with E-state index < -0.39 is 12.5 Å². The molecule has 0 saturated carbocycles. The second-order valence-corrected chi connectivity index (χ2v) is 3.81. The number of aromatic nitrogens is 1. The molecule has 0 aliphatic carbocycles. The number of pyridine rings is 1. The molecule has 0 spiro atoms. The summed E-state index contributed by atoms with van der Waals surface area (Å²) >= 11 is 0. The summed E-state index contributed by atoms with van der Waals surface area (Å²) in [6, 6.07) is 8.84. The van der Waals surface area contributed by atoms with Crippen LogP contribution in [0.2, 0.25) is 0 Å². The summed E-state index contributed by atoms with van der Waals surface area (Å²) in [5, 5.41) is 2.45. The predicted octanol–water partition coefficient (Wildman–Crippen LogP) is 2.52. The molecule has 0 radical (unpaired) electrons. The van der Waals surface area contributed by atoms with Crippen LogP contribution in [0.15, 0.2) is 42.6 Å². The molecule has 1 aromatic carbocycles. The fourth-order valence-electron chi connectivity index (χ4n) is 1.49. The number of nitrogens with two attached hydrogens (primary N) is 1. The molecule has 0 unspecified atom stereocenters. The summed E-state index contributed by atoms with van der Waals surface area (Å²) in [5.41, 5.74) is 6.13. The molecule has 1 aromatic heterocycles. The highest BCUT2D eigenvalue weighted by atomic mass is 19.3. The standard InChI is InChI=1S/C13H11F2N3O2/c14-13(15)20-11-4-2-1-3-9(11)18-12(19)10-6-5-8(16)7-17-10/h1-7,13H,16H2,(H,18,19). The fourth-order valence-corrected chi connectivity index (χ4v) is 1.49. The van der Waals surface area contributed by atoms with Gasteiger partial charge in [0.15, 0.2) is 0 Å². The molecule has 0 saturated heterocycles. The number of amides is 1. The van der Waals surface area contributed by atoms with E-state index in [1.807, 2.05) is 0 Å². The van der Waals surface area contributed by atoms with Gasteiger partial charge >= 0.3 is 6.61 Å². The van der Waals surface area contributed by atoms with Gasteiger partial charge in [0.1, 0.15) is 11.4 Å². The predicted molar refractivity (Wildman–Crippen MR) is 69.7 cm³/mol. The van der Waals surface area contributed by atoms with Crippen molar-refractivity contribution in [2.45, 2.75) is 6.61 Å². The van der Waals surface area contributed by atoms with E-state index in [2.05, 4.69) is 15.0 Å². The minimum atomic E-state index is -2.97. The molecule has 104 valence electrons. The summed E-state index contributed by atoms with van der Waals surface area (Å²) in [5.74, 6) is -0.665. The molecular formula is C13H11F2N3O2. The third-order valence-corrected chi connectivity index (χ3v) is 2.37. The number of nitrogens with zero attached hydrogens (tertiary/aromatic N) is 1. The van der Waals surface area contributed by atoms with E-state index >= 15 is 0 Å². The van der Waals surface area contributed by atoms with Crippen molar-refractivity contribution in [1.82, 2.24) is 4.98 Å². The van der Waals surface area contributed by atoms with E-state index in [0.29, 0.717) is 5.69 Å². The molecule has 2 aromatic rings. The summed E-state index contributed by atoms with van der Waals surface area (Å²) in [6.07, 6.45) is 1.33. The molecule has 20 heavy (non-hydrogen) atoms. The van der Waals surface area contributed by atoms with E-state index in [1.165, 1.54) is 36.5 Å². The normalized spacial score (nSPS) is 10.3. The molecule has 0 fully saturated rings. The lowest BCUT2D eigenvalue weighted by Crippen LogP contribution is -2.15. The van der Waals surface area contributed by atoms with Crippen molar-refractivity contribution in [2.24, 2.45) is 0 Å². The van der Waals surface area contributed by atoms with Crippen LogP contribution in [0.3, 0.4) is 0 Å². The SMILES string of the molecule is Nc1ccc(C(=O)Nc2ccccc2OC(F)F)nc1. The Labute approximate surface area is 113 Å². The zero-order chi connectivity index (χ0) is 14.5. The molecule has 7 heteroatoms. The Morgan fingerprint density at radius 3 is 2.65 bits per heavy atom. The van der Waals surface area contributed by atoms with Crippen LogP contribution in [0.4, 0.5) is 20.2 Å². The van der Waals surface area contributed by atoms with Gasteiger partial charge in [-0.2, -0.15) is 8.78 Å². The lowest BCUT2D eigenvalue weighted by Gasteiger charge is -2.11. The Kier molecular flexibility index (Phi) is 4.09. The highest BCUT2D eigenvalue weighted by molar-refractivity contribution is 6.03. The Hall–Kier alpha value is -2.70. The van der Waals surface area contributed by atoms with E-state index in [4.69, 9.17) is 5.73 Å². The molecule has 1 amide bonds. The summed E-state index contributed by atoms with van der Waals surface area (Å²) in [4.78, 5) is 15.7. The molecule has 0 bridgehead atoms. The lowest BCUT2D eigenvalue weighted by molar-refractivity contribution is -0.0493. The molecule has 0 aliphatic rings. The van der Waals surface area contributed by atoms with Gasteiger partial charge in [-0.15, -0.1) is 0 Å². The van der Waals surface area contributed by atoms with Crippen LogP contribution in [0.25, 0.3) is 0 Å². The number of para-hydroxylation sites is 2. The fraction of sp³-hybridized carbons (Fsp3) is 0.0769. The monoisotopic (exact) mass is 279 g/mol. The number of hydrogen-bond donors (Lipinski definition) is 2. The molecule has 5 nitrogen and oxygen atoms in total. The third kappa shape index (κ3) is 3.41. The first-order valence-corrected chi connectivity index (χ1v) is 5.63. The van der Waals surface area contributed by atoms with Crippen LogP contribution in [-0.4, -0.2) is 17.5 Å². The van der Waals surface area contributed by atoms with E-state index in [-0.39, 0.29) is 17.1 Å². The minimum absolute atomic E-state index is 0.117. The first-order valence-electron chi connectivity index (χ1n) is 5.63. The van der Waals surface area contributed by atoms with Gasteiger partial charge in [0.2, 0.25) is 0 Å². The van der Waals surface area contributed by atoms with Crippen LogP contribution in [0.1, 0.15) is 10.5 Å². The number of alkyl halides is 2. The van der Waals surface area contributed by atoms with Crippen molar-refractivity contribution in [2.75, 3.05) is 11.1 Å². The Morgan fingerprint density at radius 2 is 2.00 bits per heavy atom. The minimum Gasteiger partial charge on any atom is -0.433 e. The van der Waals surface area contributed by atoms with Crippen molar-refractivity contribution >= 4 is 17.3 Å². The van der Waals surface area contributed by atoms with Crippen molar-refractivity contribution in [3.05, 3.63) is 48.3 Å². The van der Waals surface area contributed by atoms with Gasteiger partial charge in [0, 0.05) is 0 Å². The summed E-state index contributed by atoms with van der Waals surface area (Å²) < 4.78 is 28.8. The van der Waals surface area contributed by atoms with Gasteiger partial charge in [-0.3, -0.25) is 4.79 Å². The molecule has 3 N–H and O–H groups in total. The molecule has 0 aliphatic heterocycles. The molecule has 0 atom stereocenters. The molecule has 2 rings (SSSR count). The van der Waals surface area contributed by atoms with E-state index in [0.717, 1.165) is 0 Å². The Bertz CT molecular complexity index is 603. The van der Waals surface area contributed by atoms with Gasteiger partial charge in [0.05, 0.1) is 17.6 Å². The van der Waals surface area contributed by atoms with Crippen molar-refractivity contribution in [3.63, 3.8) is 0 Å².